The summed E-state index contributed by atoms with van der Waals surface area (Å²) in [6.45, 7) is 5.02. The fraction of sp³-hybridized carbons (Fsp3) is 0.421. The number of ether oxygens (including phenoxy) is 1. The van der Waals surface area contributed by atoms with E-state index in [9.17, 15) is 18.0 Å². The molecule has 0 bridgehead atoms. The van der Waals surface area contributed by atoms with Crippen molar-refractivity contribution >= 4 is 21.9 Å². The predicted octanol–water partition coefficient (Wildman–Crippen LogP) is 1.80. The van der Waals surface area contributed by atoms with Crippen LogP contribution in [0.1, 0.15) is 41.6 Å². The van der Waals surface area contributed by atoms with Crippen molar-refractivity contribution in [1.82, 2.24) is 14.8 Å². The van der Waals surface area contributed by atoms with E-state index in [2.05, 4.69) is 10.5 Å². The molecule has 0 radical (unpaired) electrons. The summed E-state index contributed by atoms with van der Waals surface area (Å²) in [7, 11) is -3.69. The van der Waals surface area contributed by atoms with Crippen molar-refractivity contribution in [2.24, 2.45) is 0 Å². The van der Waals surface area contributed by atoms with Crippen molar-refractivity contribution in [1.29, 1.82) is 0 Å². The maximum Gasteiger partial charge on any atom is 0.308 e. The average Bonchev–Trinajstić information content (AvgIpc) is 3.01. The van der Waals surface area contributed by atoms with E-state index in [1.54, 1.807) is 32.0 Å². The van der Waals surface area contributed by atoms with E-state index in [0.717, 1.165) is 0 Å². The molecule has 0 aliphatic carbocycles. The second kappa shape index (κ2) is 8.34. The average molecular weight is 421 g/mol. The number of rotatable bonds is 5. The van der Waals surface area contributed by atoms with Gasteiger partial charge >= 0.3 is 5.97 Å². The first-order valence-corrected chi connectivity index (χ1v) is 10.6. The van der Waals surface area contributed by atoms with Crippen LogP contribution in [-0.2, 0) is 14.8 Å². The first-order valence-electron chi connectivity index (χ1n) is 9.21. The van der Waals surface area contributed by atoms with Crippen LogP contribution in [0.5, 0.6) is 5.75 Å². The molecule has 1 aliphatic rings. The maximum atomic E-state index is 12.9. The highest BCUT2D eigenvalue weighted by Gasteiger charge is 2.34. The molecule has 0 atom stereocenters. The summed E-state index contributed by atoms with van der Waals surface area (Å²) in [4.78, 5) is 23.7. The number of carbonyl (C=O) groups excluding carboxylic acids is 2. The molecule has 29 heavy (non-hydrogen) atoms. The van der Waals surface area contributed by atoms with E-state index in [1.807, 2.05) is 0 Å². The minimum atomic E-state index is -3.69. The van der Waals surface area contributed by atoms with Gasteiger partial charge in [-0.25, -0.2) is 8.42 Å². The zero-order chi connectivity index (χ0) is 21.2. The molecule has 1 N–H and O–H groups in total. The van der Waals surface area contributed by atoms with Gasteiger partial charge in [-0.15, -0.1) is 0 Å². The number of sulfonamides is 1. The fourth-order valence-corrected chi connectivity index (χ4v) is 5.11. The van der Waals surface area contributed by atoms with Crippen LogP contribution in [0.2, 0.25) is 0 Å². The SMILES string of the molecule is CC(=O)Oc1cccc(C(=O)NC2CCN(S(=O)(=O)c3c(C)noc3C)CC2)c1. The Kier molecular flexibility index (Phi) is 6.04. The Balaban J connectivity index is 1.61. The van der Waals surface area contributed by atoms with Gasteiger partial charge in [-0.05, 0) is 44.9 Å². The molecule has 0 unspecified atom stereocenters. The highest BCUT2D eigenvalue weighted by molar-refractivity contribution is 7.89. The normalized spacial score (nSPS) is 15.8. The van der Waals surface area contributed by atoms with Crippen LogP contribution in [0.4, 0.5) is 0 Å². The van der Waals surface area contributed by atoms with Crippen molar-refractivity contribution in [2.45, 2.75) is 44.6 Å². The third kappa shape index (κ3) is 4.65. The quantitative estimate of drug-likeness (QED) is 0.577. The van der Waals surface area contributed by atoms with Crippen LogP contribution in [0.3, 0.4) is 0 Å². The van der Waals surface area contributed by atoms with E-state index in [0.29, 0.717) is 29.8 Å². The van der Waals surface area contributed by atoms with Crippen LogP contribution in [0.25, 0.3) is 0 Å². The van der Waals surface area contributed by atoms with E-state index >= 15 is 0 Å². The number of nitrogens with one attached hydrogen (secondary N) is 1. The number of carbonyl (C=O) groups is 2. The van der Waals surface area contributed by atoms with Gasteiger partial charge in [0.1, 0.15) is 16.3 Å². The Labute approximate surface area is 169 Å². The van der Waals surface area contributed by atoms with Crippen LogP contribution < -0.4 is 10.1 Å². The summed E-state index contributed by atoms with van der Waals surface area (Å²) in [6.07, 6.45) is 0.968. The molecule has 1 aromatic heterocycles. The highest BCUT2D eigenvalue weighted by atomic mass is 32.2. The number of piperidine rings is 1. The summed E-state index contributed by atoms with van der Waals surface area (Å²) in [5.41, 5.74) is 0.708. The first-order chi connectivity index (χ1) is 13.7. The van der Waals surface area contributed by atoms with Crippen molar-refractivity contribution in [3.8, 4) is 5.75 Å². The molecule has 3 rings (SSSR count). The largest absolute Gasteiger partial charge is 0.427 e. The Hall–Kier alpha value is -2.72. The number of hydrogen-bond donors (Lipinski definition) is 1. The van der Waals surface area contributed by atoms with Crippen molar-refractivity contribution in [3.63, 3.8) is 0 Å². The summed E-state index contributed by atoms with van der Waals surface area (Å²) in [6, 6.07) is 6.19. The van der Waals surface area contributed by atoms with Gasteiger partial charge in [-0.2, -0.15) is 4.31 Å². The van der Waals surface area contributed by atoms with E-state index in [4.69, 9.17) is 9.26 Å². The van der Waals surface area contributed by atoms with Gasteiger partial charge in [0.25, 0.3) is 5.91 Å². The number of hydrogen-bond acceptors (Lipinski definition) is 7. The van der Waals surface area contributed by atoms with Crippen molar-refractivity contribution in [3.05, 3.63) is 41.3 Å². The van der Waals surface area contributed by atoms with Gasteiger partial charge in [0.15, 0.2) is 5.76 Å². The topological polar surface area (TPSA) is 119 Å². The number of amides is 1. The van der Waals surface area contributed by atoms with Gasteiger partial charge < -0.3 is 14.6 Å². The second-order valence-electron chi connectivity index (χ2n) is 6.93. The number of nitrogens with zero attached hydrogens (tertiary/aromatic N) is 2. The number of benzene rings is 1. The number of esters is 1. The van der Waals surface area contributed by atoms with Gasteiger partial charge in [-0.3, -0.25) is 9.59 Å². The van der Waals surface area contributed by atoms with Crippen LogP contribution in [0, 0.1) is 13.8 Å². The number of aryl methyl sites for hydroxylation is 2. The molecule has 1 fully saturated rings. The molecule has 1 aromatic carbocycles. The van der Waals surface area contributed by atoms with Crippen LogP contribution in [-0.4, -0.2) is 48.9 Å². The van der Waals surface area contributed by atoms with Gasteiger partial charge in [0.05, 0.1) is 0 Å². The molecular formula is C19H23N3O6S. The van der Waals surface area contributed by atoms with Crippen molar-refractivity contribution in [2.75, 3.05) is 13.1 Å². The van der Waals surface area contributed by atoms with Gasteiger partial charge in [0, 0.05) is 31.6 Å². The lowest BCUT2D eigenvalue weighted by Crippen LogP contribution is -2.46. The van der Waals surface area contributed by atoms with Crippen molar-refractivity contribution < 1.29 is 27.3 Å². The maximum absolute atomic E-state index is 12.9. The molecule has 1 amide bonds. The van der Waals surface area contributed by atoms with Gasteiger partial charge in [0.2, 0.25) is 10.0 Å². The predicted molar refractivity (Wildman–Crippen MR) is 103 cm³/mol. The highest BCUT2D eigenvalue weighted by Crippen LogP contribution is 2.26. The third-order valence-electron chi connectivity index (χ3n) is 4.71. The number of aromatic nitrogens is 1. The summed E-state index contributed by atoms with van der Waals surface area (Å²) < 4.78 is 37.1. The minimum Gasteiger partial charge on any atom is -0.427 e. The molecule has 1 saturated heterocycles. The molecule has 0 saturated carbocycles. The first kappa shape index (κ1) is 21.0. The smallest absolute Gasteiger partial charge is 0.308 e. The fourth-order valence-electron chi connectivity index (χ4n) is 3.35. The Morgan fingerprint density at radius 2 is 1.93 bits per heavy atom. The Morgan fingerprint density at radius 3 is 2.52 bits per heavy atom. The van der Waals surface area contributed by atoms with Crippen LogP contribution >= 0.6 is 0 Å². The Morgan fingerprint density at radius 1 is 1.24 bits per heavy atom. The van der Waals surface area contributed by atoms with Crippen LogP contribution in [0.15, 0.2) is 33.7 Å². The van der Waals surface area contributed by atoms with Gasteiger partial charge in [-0.1, -0.05) is 11.2 Å². The standard InChI is InChI=1S/C19H23N3O6S/c1-12-18(13(2)28-21-12)29(25,26)22-9-7-16(8-10-22)20-19(24)15-5-4-6-17(11-15)27-14(3)23/h4-6,11,16H,7-10H2,1-3H3,(H,20,24). The molecule has 2 aromatic rings. The molecular weight excluding hydrogens is 398 g/mol. The Bertz CT molecular complexity index is 1000. The summed E-state index contributed by atoms with van der Waals surface area (Å²) >= 11 is 0. The van der Waals surface area contributed by atoms with E-state index < -0.39 is 16.0 Å². The molecule has 2 heterocycles. The third-order valence-corrected chi connectivity index (χ3v) is 6.86. The lowest BCUT2D eigenvalue weighted by Gasteiger charge is -2.31. The summed E-state index contributed by atoms with van der Waals surface area (Å²) in [5.74, 6) is -0.198. The zero-order valence-electron chi connectivity index (χ0n) is 16.5. The monoisotopic (exact) mass is 421 g/mol. The summed E-state index contributed by atoms with van der Waals surface area (Å²) in [5, 5.41) is 6.63. The molecule has 0 spiro atoms. The lowest BCUT2D eigenvalue weighted by molar-refractivity contribution is -0.131. The molecule has 9 nitrogen and oxygen atoms in total. The molecule has 10 heteroatoms. The molecule has 156 valence electrons. The molecule has 1 aliphatic heterocycles. The van der Waals surface area contributed by atoms with E-state index in [1.165, 1.54) is 17.3 Å². The lowest BCUT2D eigenvalue weighted by atomic mass is 10.1. The minimum absolute atomic E-state index is 0.113. The second-order valence-corrected chi connectivity index (χ2v) is 8.80. The van der Waals surface area contributed by atoms with E-state index in [-0.39, 0.29) is 35.7 Å². The zero-order valence-corrected chi connectivity index (χ0v) is 17.3.